The molecule has 4 aromatic rings. The number of methoxy groups -OCH3 is 3. The molecule has 1 aliphatic heterocycles. The Kier molecular flexibility index (Phi) is 7.32. The van der Waals surface area contributed by atoms with Gasteiger partial charge in [-0.15, -0.1) is 0 Å². The van der Waals surface area contributed by atoms with E-state index in [4.69, 9.17) is 19.2 Å². The van der Waals surface area contributed by atoms with Gasteiger partial charge in [0.15, 0.2) is 16.3 Å². The Bertz CT molecular complexity index is 1820. The van der Waals surface area contributed by atoms with Crippen LogP contribution >= 0.6 is 56.5 Å². The van der Waals surface area contributed by atoms with E-state index in [1.165, 1.54) is 16.9 Å². The Morgan fingerprint density at radius 1 is 0.949 bits per heavy atom. The van der Waals surface area contributed by atoms with E-state index in [-0.39, 0.29) is 11.6 Å². The first-order chi connectivity index (χ1) is 18.9. The Labute approximate surface area is 256 Å². The lowest BCUT2D eigenvalue weighted by molar-refractivity contribution is 0.354. The van der Waals surface area contributed by atoms with E-state index in [1.54, 1.807) is 21.3 Å². The summed E-state index contributed by atoms with van der Waals surface area (Å²) in [5.41, 5.74) is 6.41. The minimum atomic E-state index is -0.289. The smallest absolute Gasteiger partial charge is 0.271 e. The third-order valence-corrected chi connectivity index (χ3v) is 9.70. The van der Waals surface area contributed by atoms with Gasteiger partial charge in [0.1, 0.15) is 5.75 Å². The molecule has 0 saturated heterocycles. The molecular formula is C30H24I2N2O4S. The summed E-state index contributed by atoms with van der Waals surface area (Å²) in [5.74, 6) is 2.13. The molecule has 2 heterocycles. The summed E-state index contributed by atoms with van der Waals surface area (Å²) in [6.07, 6.45) is 3.69. The van der Waals surface area contributed by atoms with Crippen molar-refractivity contribution in [3.05, 3.63) is 109 Å². The Hall–Kier alpha value is -2.64. The maximum absolute atomic E-state index is 14.1. The van der Waals surface area contributed by atoms with E-state index in [1.807, 2.05) is 41.0 Å². The zero-order valence-electron chi connectivity index (χ0n) is 21.5. The average Bonchev–Trinajstić information content (AvgIpc) is 3.25. The van der Waals surface area contributed by atoms with Crippen molar-refractivity contribution >= 4 is 68.3 Å². The summed E-state index contributed by atoms with van der Waals surface area (Å²) < 4.78 is 21.1. The Morgan fingerprint density at radius 3 is 2.41 bits per heavy atom. The number of ether oxygens (including phenoxy) is 3. The van der Waals surface area contributed by atoms with Gasteiger partial charge in [-0.25, -0.2) is 4.99 Å². The van der Waals surface area contributed by atoms with E-state index in [9.17, 15) is 4.79 Å². The zero-order chi connectivity index (χ0) is 27.3. The zero-order valence-corrected chi connectivity index (χ0v) is 26.6. The number of thiazole rings is 1. The molecule has 0 unspecified atom stereocenters. The molecule has 0 N–H and O–H groups in total. The molecular weight excluding hydrogens is 738 g/mol. The molecule has 0 fully saturated rings. The SMILES string of the molecule is COc1ccc([C@@H]2C3=C(N=c4s/c(=C/c5cc(I)c(OC)c(I)c5)c(=O)n42)c2ccccc2CC3)cc1OC. The van der Waals surface area contributed by atoms with Crippen molar-refractivity contribution in [2.75, 3.05) is 21.3 Å². The van der Waals surface area contributed by atoms with E-state index >= 15 is 0 Å². The molecule has 9 heteroatoms. The van der Waals surface area contributed by atoms with Gasteiger partial charge in [0, 0.05) is 5.56 Å². The van der Waals surface area contributed by atoms with Gasteiger partial charge in [-0.2, -0.15) is 0 Å². The lowest BCUT2D eigenvalue weighted by Gasteiger charge is -2.31. The van der Waals surface area contributed by atoms with Crippen molar-refractivity contribution in [3.63, 3.8) is 0 Å². The summed E-state index contributed by atoms with van der Waals surface area (Å²) in [6, 6.07) is 18.1. The molecule has 1 atom stereocenters. The summed E-state index contributed by atoms with van der Waals surface area (Å²) in [4.78, 5) is 19.9. The molecule has 1 aromatic heterocycles. The summed E-state index contributed by atoms with van der Waals surface area (Å²) >= 11 is 5.96. The molecule has 6 rings (SSSR count). The third kappa shape index (κ3) is 4.61. The highest BCUT2D eigenvalue weighted by molar-refractivity contribution is 14.1. The van der Waals surface area contributed by atoms with Crippen LogP contribution in [-0.4, -0.2) is 25.9 Å². The van der Waals surface area contributed by atoms with Gasteiger partial charge in [0.25, 0.3) is 5.56 Å². The second-order valence-corrected chi connectivity index (χ2v) is 12.6. The Balaban J connectivity index is 1.60. The monoisotopic (exact) mass is 762 g/mol. The number of hydrogen-bond donors (Lipinski definition) is 0. The minimum absolute atomic E-state index is 0.0511. The standard InChI is InChI=1S/C30H24I2N2O4S/c1-36-23-11-9-18(15-24(23)37-2)27-20-10-8-17-6-4-5-7-19(17)26(20)33-30-34(27)29(35)25(39-30)14-16-12-21(31)28(38-3)22(32)13-16/h4-7,9,11-15,27H,8,10H2,1-3H3/b25-14+/t27-/m1/s1. The van der Waals surface area contributed by atoms with Crippen LogP contribution in [0.2, 0.25) is 0 Å². The first-order valence-electron chi connectivity index (χ1n) is 12.3. The van der Waals surface area contributed by atoms with Crippen LogP contribution in [0.5, 0.6) is 17.2 Å². The molecule has 39 heavy (non-hydrogen) atoms. The van der Waals surface area contributed by atoms with Crippen LogP contribution in [0.15, 0.2) is 70.0 Å². The molecule has 2 aliphatic rings. The highest BCUT2D eigenvalue weighted by Crippen LogP contribution is 2.42. The molecule has 198 valence electrons. The minimum Gasteiger partial charge on any atom is -0.495 e. The van der Waals surface area contributed by atoms with Crippen LogP contribution < -0.4 is 29.1 Å². The molecule has 0 spiro atoms. The molecule has 0 amide bonds. The second-order valence-electron chi connectivity index (χ2n) is 9.25. The van der Waals surface area contributed by atoms with Gasteiger partial charge in [0.2, 0.25) is 0 Å². The normalized spacial score (nSPS) is 16.2. The van der Waals surface area contributed by atoms with Crippen molar-refractivity contribution in [1.82, 2.24) is 4.57 Å². The highest BCUT2D eigenvalue weighted by atomic mass is 127. The summed E-state index contributed by atoms with van der Waals surface area (Å²) in [5, 5.41) is 0. The fourth-order valence-corrected chi connectivity index (χ4v) is 8.61. The largest absolute Gasteiger partial charge is 0.495 e. The molecule has 1 aliphatic carbocycles. The number of allylic oxidation sites excluding steroid dienone is 1. The second kappa shape index (κ2) is 10.7. The maximum Gasteiger partial charge on any atom is 0.271 e. The summed E-state index contributed by atoms with van der Waals surface area (Å²) in [6.45, 7) is 0. The van der Waals surface area contributed by atoms with E-state index in [0.717, 1.165) is 53.7 Å². The highest BCUT2D eigenvalue weighted by Gasteiger charge is 2.33. The number of rotatable bonds is 5. The van der Waals surface area contributed by atoms with E-state index in [2.05, 4.69) is 69.4 Å². The van der Waals surface area contributed by atoms with Gasteiger partial charge >= 0.3 is 0 Å². The van der Waals surface area contributed by atoms with Crippen LogP contribution in [0.3, 0.4) is 0 Å². The number of aryl methyl sites for hydroxylation is 1. The molecule has 0 saturated carbocycles. The van der Waals surface area contributed by atoms with Crippen molar-refractivity contribution in [2.24, 2.45) is 4.99 Å². The van der Waals surface area contributed by atoms with Crippen LogP contribution in [0.1, 0.15) is 34.7 Å². The fraction of sp³-hybridized carbons (Fsp3) is 0.200. The van der Waals surface area contributed by atoms with Crippen LogP contribution in [-0.2, 0) is 6.42 Å². The van der Waals surface area contributed by atoms with Crippen molar-refractivity contribution < 1.29 is 14.2 Å². The van der Waals surface area contributed by atoms with Gasteiger partial charge in [-0.3, -0.25) is 9.36 Å². The van der Waals surface area contributed by atoms with Crippen molar-refractivity contribution in [1.29, 1.82) is 0 Å². The first-order valence-corrected chi connectivity index (χ1v) is 15.3. The van der Waals surface area contributed by atoms with Crippen LogP contribution in [0.25, 0.3) is 11.8 Å². The fourth-order valence-electron chi connectivity index (χ4n) is 5.35. The van der Waals surface area contributed by atoms with Crippen molar-refractivity contribution in [2.45, 2.75) is 18.9 Å². The number of aromatic nitrogens is 1. The number of hydrogen-bond acceptors (Lipinski definition) is 6. The van der Waals surface area contributed by atoms with E-state index < -0.39 is 0 Å². The molecule has 0 bridgehead atoms. The van der Waals surface area contributed by atoms with E-state index in [0.29, 0.717) is 20.8 Å². The number of nitrogens with zero attached hydrogens (tertiary/aromatic N) is 2. The maximum atomic E-state index is 14.1. The predicted molar refractivity (Wildman–Crippen MR) is 171 cm³/mol. The summed E-state index contributed by atoms with van der Waals surface area (Å²) in [7, 11) is 4.93. The van der Waals surface area contributed by atoms with Crippen LogP contribution in [0.4, 0.5) is 0 Å². The molecule has 0 radical (unpaired) electrons. The predicted octanol–water partition coefficient (Wildman–Crippen LogP) is 5.55. The lowest BCUT2D eigenvalue weighted by atomic mass is 9.83. The van der Waals surface area contributed by atoms with Gasteiger partial charge in [-0.1, -0.05) is 41.7 Å². The lowest BCUT2D eigenvalue weighted by Crippen LogP contribution is -2.38. The van der Waals surface area contributed by atoms with Gasteiger partial charge in [-0.05, 0) is 111 Å². The number of fused-ring (bicyclic) bond motifs is 3. The average molecular weight is 762 g/mol. The third-order valence-electron chi connectivity index (χ3n) is 7.12. The Morgan fingerprint density at radius 2 is 1.69 bits per heavy atom. The quantitative estimate of drug-likeness (QED) is 0.251. The van der Waals surface area contributed by atoms with Crippen LogP contribution in [0, 0.1) is 7.14 Å². The van der Waals surface area contributed by atoms with Gasteiger partial charge < -0.3 is 14.2 Å². The first kappa shape index (κ1) is 26.6. The van der Waals surface area contributed by atoms with Gasteiger partial charge in [0.05, 0.1) is 44.7 Å². The topological polar surface area (TPSA) is 62.0 Å². The van der Waals surface area contributed by atoms with Crippen molar-refractivity contribution in [3.8, 4) is 17.2 Å². The molecule has 6 nitrogen and oxygen atoms in total. The number of benzene rings is 3. The molecule has 3 aromatic carbocycles. The number of halogens is 2.